The van der Waals surface area contributed by atoms with Crippen LogP contribution >= 0.6 is 11.3 Å². The standard InChI is InChI=1S/C16H15N3OS/c20-16(12-6-8-21-10-12)18-7-5-13(9-18)19-11-17-14-3-1-2-4-15(14)19/h1-4,6,8,10-11,13H,5,7,9H2/t13-/m1/s1. The van der Waals surface area contributed by atoms with Gasteiger partial charge in [0.25, 0.3) is 5.91 Å². The van der Waals surface area contributed by atoms with Crippen LogP contribution in [-0.4, -0.2) is 33.4 Å². The summed E-state index contributed by atoms with van der Waals surface area (Å²) in [6.07, 6.45) is 2.88. The average Bonchev–Trinajstić information content (AvgIpc) is 3.25. The molecule has 2 aromatic heterocycles. The van der Waals surface area contributed by atoms with Gasteiger partial charge in [-0.1, -0.05) is 12.1 Å². The Bertz CT molecular complexity index is 778. The van der Waals surface area contributed by atoms with Crippen molar-refractivity contribution in [2.75, 3.05) is 13.1 Å². The second kappa shape index (κ2) is 5.00. The van der Waals surface area contributed by atoms with Gasteiger partial charge in [0.15, 0.2) is 0 Å². The summed E-state index contributed by atoms with van der Waals surface area (Å²) in [7, 11) is 0. The number of nitrogens with zero attached hydrogens (tertiary/aromatic N) is 3. The predicted molar refractivity (Wildman–Crippen MR) is 83.6 cm³/mol. The van der Waals surface area contributed by atoms with Gasteiger partial charge in [-0.15, -0.1) is 0 Å². The molecule has 1 amide bonds. The number of benzene rings is 1. The topological polar surface area (TPSA) is 38.1 Å². The van der Waals surface area contributed by atoms with Gasteiger partial charge in [-0.2, -0.15) is 11.3 Å². The first-order chi connectivity index (χ1) is 10.3. The number of carbonyl (C=O) groups excluding carboxylic acids is 1. The summed E-state index contributed by atoms with van der Waals surface area (Å²) in [6, 6.07) is 10.4. The van der Waals surface area contributed by atoms with Crippen molar-refractivity contribution in [3.63, 3.8) is 0 Å². The molecule has 1 atom stereocenters. The van der Waals surface area contributed by atoms with Gasteiger partial charge in [-0.3, -0.25) is 4.79 Å². The number of rotatable bonds is 2. The molecule has 0 saturated carbocycles. The summed E-state index contributed by atoms with van der Waals surface area (Å²) >= 11 is 1.56. The number of imidazole rings is 1. The third kappa shape index (κ3) is 2.14. The zero-order valence-electron chi connectivity index (χ0n) is 11.5. The molecule has 1 aliphatic rings. The SMILES string of the molecule is O=C(c1ccsc1)N1CC[C@@H](n2cnc3ccccc32)C1. The maximum absolute atomic E-state index is 12.4. The number of thiophene rings is 1. The second-order valence-electron chi connectivity index (χ2n) is 5.35. The number of hydrogen-bond donors (Lipinski definition) is 0. The quantitative estimate of drug-likeness (QED) is 0.728. The van der Waals surface area contributed by atoms with Gasteiger partial charge < -0.3 is 9.47 Å². The van der Waals surface area contributed by atoms with E-state index in [-0.39, 0.29) is 5.91 Å². The Morgan fingerprint density at radius 3 is 3.05 bits per heavy atom. The van der Waals surface area contributed by atoms with E-state index < -0.39 is 0 Å². The maximum Gasteiger partial charge on any atom is 0.254 e. The van der Waals surface area contributed by atoms with Gasteiger partial charge in [0.2, 0.25) is 0 Å². The number of amides is 1. The minimum atomic E-state index is 0.142. The summed E-state index contributed by atoms with van der Waals surface area (Å²) in [5.41, 5.74) is 2.96. The molecule has 21 heavy (non-hydrogen) atoms. The van der Waals surface area contributed by atoms with Crippen LogP contribution in [0.4, 0.5) is 0 Å². The molecule has 4 nitrogen and oxygen atoms in total. The minimum Gasteiger partial charge on any atom is -0.336 e. The lowest BCUT2D eigenvalue weighted by Gasteiger charge is -2.17. The van der Waals surface area contributed by atoms with E-state index in [1.807, 2.05) is 46.3 Å². The number of hydrogen-bond acceptors (Lipinski definition) is 3. The van der Waals surface area contributed by atoms with Crippen molar-refractivity contribution in [2.45, 2.75) is 12.5 Å². The highest BCUT2D eigenvalue weighted by molar-refractivity contribution is 7.08. The van der Waals surface area contributed by atoms with E-state index in [2.05, 4.69) is 15.6 Å². The van der Waals surface area contributed by atoms with Crippen LogP contribution in [0.5, 0.6) is 0 Å². The monoisotopic (exact) mass is 297 g/mol. The number of carbonyl (C=O) groups is 1. The Labute approximate surface area is 126 Å². The third-order valence-corrected chi connectivity index (χ3v) is 4.78. The Balaban J connectivity index is 1.58. The van der Waals surface area contributed by atoms with Crippen molar-refractivity contribution in [3.05, 3.63) is 53.0 Å². The molecule has 1 saturated heterocycles. The van der Waals surface area contributed by atoms with Gasteiger partial charge in [0.05, 0.1) is 29.0 Å². The van der Waals surface area contributed by atoms with Crippen LogP contribution in [0, 0.1) is 0 Å². The van der Waals surface area contributed by atoms with Crippen LogP contribution in [-0.2, 0) is 0 Å². The molecule has 5 heteroatoms. The van der Waals surface area contributed by atoms with Crippen molar-refractivity contribution < 1.29 is 4.79 Å². The number of fused-ring (bicyclic) bond motifs is 1. The van der Waals surface area contributed by atoms with Gasteiger partial charge in [-0.05, 0) is 30.0 Å². The molecule has 0 N–H and O–H groups in total. The molecule has 3 aromatic rings. The van der Waals surface area contributed by atoms with E-state index in [0.717, 1.165) is 36.1 Å². The fourth-order valence-electron chi connectivity index (χ4n) is 2.99. The van der Waals surface area contributed by atoms with Gasteiger partial charge >= 0.3 is 0 Å². The molecule has 0 unspecified atom stereocenters. The molecule has 4 rings (SSSR count). The summed E-state index contributed by atoms with van der Waals surface area (Å²) in [5.74, 6) is 0.142. The van der Waals surface area contributed by atoms with Crippen LogP contribution in [0.25, 0.3) is 11.0 Å². The molecule has 0 bridgehead atoms. The second-order valence-corrected chi connectivity index (χ2v) is 6.13. The van der Waals surface area contributed by atoms with E-state index >= 15 is 0 Å². The number of aromatic nitrogens is 2. The summed E-state index contributed by atoms with van der Waals surface area (Å²) in [6.45, 7) is 1.57. The molecule has 1 fully saturated rings. The van der Waals surface area contributed by atoms with Crippen molar-refractivity contribution in [3.8, 4) is 0 Å². The molecular weight excluding hydrogens is 282 g/mol. The van der Waals surface area contributed by atoms with Crippen molar-refractivity contribution in [2.24, 2.45) is 0 Å². The van der Waals surface area contributed by atoms with E-state index in [0.29, 0.717) is 6.04 Å². The normalized spacial score (nSPS) is 18.5. The summed E-state index contributed by atoms with van der Waals surface area (Å²) < 4.78 is 2.20. The van der Waals surface area contributed by atoms with Gasteiger partial charge in [0, 0.05) is 18.5 Å². The van der Waals surface area contributed by atoms with E-state index in [4.69, 9.17) is 0 Å². The molecular formula is C16H15N3OS. The van der Waals surface area contributed by atoms with E-state index in [1.54, 1.807) is 11.3 Å². The Morgan fingerprint density at radius 2 is 2.19 bits per heavy atom. The lowest BCUT2D eigenvalue weighted by Crippen LogP contribution is -2.28. The summed E-state index contributed by atoms with van der Waals surface area (Å²) in [5, 5.41) is 3.87. The third-order valence-electron chi connectivity index (χ3n) is 4.09. The molecule has 0 radical (unpaired) electrons. The highest BCUT2D eigenvalue weighted by Crippen LogP contribution is 2.27. The highest BCUT2D eigenvalue weighted by Gasteiger charge is 2.28. The fourth-order valence-corrected chi connectivity index (χ4v) is 3.62. The predicted octanol–water partition coefficient (Wildman–Crippen LogP) is 3.19. The molecule has 1 aromatic carbocycles. The first-order valence-corrected chi connectivity index (χ1v) is 8.00. The average molecular weight is 297 g/mol. The smallest absolute Gasteiger partial charge is 0.254 e. The fraction of sp³-hybridized carbons (Fsp3) is 0.250. The summed E-state index contributed by atoms with van der Waals surface area (Å²) in [4.78, 5) is 18.8. The van der Waals surface area contributed by atoms with Crippen LogP contribution in [0.3, 0.4) is 0 Å². The van der Waals surface area contributed by atoms with Crippen LogP contribution < -0.4 is 0 Å². The number of para-hydroxylation sites is 2. The highest BCUT2D eigenvalue weighted by atomic mass is 32.1. The van der Waals surface area contributed by atoms with Crippen LogP contribution in [0.15, 0.2) is 47.4 Å². The van der Waals surface area contributed by atoms with Crippen molar-refractivity contribution >= 4 is 28.3 Å². The molecule has 1 aliphatic heterocycles. The lowest BCUT2D eigenvalue weighted by atomic mass is 10.2. The number of likely N-dealkylation sites (tertiary alicyclic amines) is 1. The van der Waals surface area contributed by atoms with Crippen LogP contribution in [0.2, 0.25) is 0 Å². The molecule has 0 aliphatic carbocycles. The Hall–Kier alpha value is -2.14. The maximum atomic E-state index is 12.4. The molecule has 106 valence electrons. The Morgan fingerprint density at radius 1 is 1.29 bits per heavy atom. The van der Waals surface area contributed by atoms with Crippen molar-refractivity contribution in [1.82, 2.24) is 14.5 Å². The van der Waals surface area contributed by atoms with Gasteiger partial charge in [-0.25, -0.2) is 4.98 Å². The first kappa shape index (κ1) is 12.6. The van der Waals surface area contributed by atoms with E-state index in [1.165, 1.54) is 0 Å². The molecule has 0 spiro atoms. The minimum absolute atomic E-state index is 0.142. The van der Waals surface area contributed by atoms with E-state index in [9.17, 15) is 4.79 Å². The molecule has 3 heterocycles. The van der Waals surface area contributed by atoms with Crippen molar-refractivity contribution in [1.29, 1.82) is 0 Å². The lowest BCUT2D eigenvalue weighted by molar-refractivity contribution is 0.0788. The zero-order chi connectivity index (χ0) is 14.2. The first-order valence-electron chi connectivity index (χ1n) is 7.06. The largest absolute Gasteiger partial charge is 0.336 e. The zero-order valence-corrected chi connectivity index (χ0v) is 12.3. The van der Waals surface area contributed by atoms with Crippen LogP contribution in [0.1, 0.15) is 22.8 Å². The Kier molecular flexibility index (Phi) is 3.00. The van der Waals surface area contributed by atoms with Gasteiger partial charge in [0.1, 0.15) is 0 Å².